The van der Waals surface area contributed by atoms with Crippen molar-refractivity contribution in [3.05, 3.63) is 21.2 Å². The molecule has 0 radical (unpaired) electrons. The van der Waals surface area contributed by atoms with E-state index in [1.165, 1.54) is 32.3 Å². The second kappa shape index (κ2) is 6.33. The van der Waals surface area contributed by atoms with Gasteiger partial charge >= 0.3 is 0 Å². The van der Waals surface area contributed by atoms with Crippen LogP contribution in [-0.2, 0) is 0 Å². The van der Waals surface area contributed by atoms with E-state index in [2.05, 4.69) is 43.2 Å². The van der Waals surface area contributed by atoms with E-state index in [4.69, 9.17) is 0 Å². The Labute approximate surface area is 115 Å². The van der Waals surface area contributed by atoms with E-state index in [1.54, 1.807) is 0 Å². The van der Waals surface area contributed by atoms with E-state index in [1.807, 2.05) is 0 Å². The summed E-state index contributed by atoms with van der Waals surface area (Å²) in [6, 6.07) is 0. The number of nitrogens with zero attached hydrogens (tertiary/aromatic N) is 2. The third kappa shape index (κ3) is 3.55. The normalized spacial score (nSPS) is 17.9. The summed E-state index contributed by atoms with van der Waals surface area (Å²) in [7, 11) is 2.17. The molecule has 1 aliphatic heterocycles. The molecule has 0 saturated carbocycles. The molecule has 1 aromatic rings. The number of nitrogens with one attached hydrogen (secondary N) is 2. The van der Waals surface area contributed by atoms with Crippen LogP contribution in [-0.4, -0.2) is 41.5 Å². The Morgan fingerprint density at radius 1 is 1.56 bits per heavy atom. The summed E-state index contributed by atoms with van der Waals surface area (Å²) in [6.07, 6.45) is 5.09. The molecule has 0 spiro atoms. The van der Waals surface area contributed by atoms with Crippen molar-refractivity contribution in [1.29, 1.82) is 0 Å². The molecular weight excluding hydrogens is 296 g/mol. The Morgan fingerprint density at radius 2 is 2.28 bits per heavy atom. The predicted molar refractivity (Wildman–Crippen MR) is 75.9 cm³/mol. The first-order chi connectivity index (χ1) is 8.66. The van der Waals surface area contributed by atoms with Crippen LogP contribution < -0.4 is 10.9 Å². The lowest BCUT2D eigenvalue weighted by atomic mass is 9.94. The highest BCUT2D eigenvalue weighted by molar-refractivity contribution is 9.10. The van der Waals surface area contributed by atoms with Crippen LogP contribution in [0.3, 0.4) is 0 Å². The lowest BCUT2D eigenvalue weighted by molar-refractivity contribution is 0.215. The largest absolute Gasteiger partial charge is 0.369 e. The van der Waals surface area contributed by atoms with Crippen molar-refractivity contribution < 1.29 is 0 Å². The zero-order valence-electron chi connectivity index (χ0n) is 10.6. The zero-order valence-corrected chi connectivity index (χ0v) is 12.2. The smallest absolute Gasteiger partial charge is 0.267 e. The van der Waals surface area contributed by atoms with Gasteiger partial charge in [0.1, 0.15) is 10.3 Å². The summed E-state index contributed by atoms with van der Waals surface area (Å²) in [5, 5.41) is 3.22. The molecule has 0 unspecified atom stereocenters. The minimum absolute atomic E-state index is 0.146. The number of halogens is 1. The maximum absolute atomic E-state index is 11.4. The maximum Gasteiger partial charge on any atom is 0.267 e. The van der Waals surface area contributed by atoms with E-state index in [9.17, 15) is 4.79 Å². The predicted octanol–water partition coefficient (Wildman–Crippen LogP) is 1.68. The average Bonchev–Trinajstić information content (AvgIpc) is 2.37. The zero-order chi connectivity index (χ0) is 13.0. The van der Waals surface area contributed by atoms with Crippen LogP contribution in [0.15, 0.2) is 15.6 Å². The first-order valence-electron chi connectivity index (χ1n) is 6.32. The van der Waals surface area contributed by atoms with Crippen LogP contribution in [0, 0.1) is 5.92 Å². The van der Waals surface area contributed by atoms with E-state index in [0.717, 1.165) is 18.9 Å². The maximum atomic E-state index is 11.4. The third-order valence-corrected chi connectivity index (χ3v) is 4.22. The standard InChI is InChI=1S/C12H19BrN4O/c1-17-6-3-9(4-7-17)2-5-14-11-10(13)12(18)16-8-15-11/h8-9H,2-7H2,1H3,(H2,14,15,16,18). The summed E-state index contributed by atoms with van der Waals surface area (Å²) < 4.78 is 0.480. The molecule has 1 saturated heterocycles. The van der Waals surface area contributed by atoms with Crippen LogP contribution in [0.5, 0.6) is 0 Å². The van der Waals surface area contributed by atoms with E-state index in [-0.39, 0.29) is 5.56 Å². The molecule has 0 aliphatic carbocycles. The molecular formula is C12H19BrN4O. The molecule has 1 fully saturated rings. The molecule has 6 heteroatoms. The number of aromatic amines is 1. The van der Waals surface area contributed by atoms with Crippen molar-refractivity contribution in [3.63, 3.8) is 0 Å². The fourth-order valence-corrected chi connectivity index (χ4v) is 2.61. The number of likely N-dealkylation sites (tertiary alicyclic amines) is 1. The first-order valence-corrected chi connectivity index (χ1v) is 7.11. The van der Waals surface area contributed by atoms with Crippen molar-refractivity contribution in [2.45, 2.75) is 19.3 Å². The molecule has 2 rings (SSSR count). The van der Waals surface area contributed by atoms with Crippen LogP contribution in [0.1, 0.15) is 19.3 Å². The molecule has 1 aromatic heterocycles. The van der Waals surface area contributed by atoms with Gasteiger partial charge in [0.05, 0.1) is 6.33 Å². The molecule has 5 nitrogen and oxygen atoms in total. The monoisotopic (exact) mass is 314 g/mol. The number of hydrogen-bond donors (Lipinski definition) is 2. The van der Waals surface area contributed by atoms with Gasteiger partial charge in [0, 0.05) is 6.54 Å². The number of hydrogen-bond acceptors (Lipinski definition) is 4. The minimum atomic E-state index is -0.146. The van der Waals surface area contributed by atoms with Crippen molar-refractivity contribution in [1.82, 2.24) is 14.9 Å². The Bertz CT molecular complexity index is 440. The van der Waals surface area contributed by atoms with Gasteiger partial charge in [0.2, 0.25) is 0 Å². The fraction of sp³-hybridized carbons (Fsp3) is 0.667. The molecule has 0 atom stereocenters. The molecule has 0 amide bonds. The quantitative estimate of drug-likeness (QED) is 0.887. The molecule has 0 bridgehead atoms. The fourth-order valence-electron chi connectivity index (χ4n) is 2.25. The summed E-state index contributed by atoms with van der Waals surface area (Å²) >= 11 is 3.24. The number of aromatic nitrogens is 2. The highest BCUT2D eigenvalue weighted by Crippen LogP contribution is 2.20. The van der Waals surface area contributed by atoms with Gasteiger partial charge in [-0.05, 0) is 61.2 Å². The van der Waals surface area contributed by atoms with Gasteiger partial charge in [-0.2, -0.15) is 0 Å². The summed E-state index contributed by atoms with van der Waals surface area (Å²) in [6.45, 7) is 3.25. The number of anilines is 1. The van der Waals surface area contributed by atoms with Crippen molar-refractivity contribution in [2.75, 3.05) is 32.0 Å². The molecule has 18 heavy (non-hydrogen) atoms. The van der Waals surface area contributed by atoms with Gasteiger partial charge in [0.25, 0.3) is 5.56 Å². The summed E-state index contributed by atoms with van der Waals surface area (Å²) in [5.74, 6) is 1.42. The van der Waals surface area contributed by atoms with Crippen molar-refractivity contribution in [3.8, 4) is 0 Å². The molecule has 100 valence electrons. The average molecular weight is 315 g/mol. The molecule has 2 N–H and O–H groups in total. The van der Waals surface area contributed by atoms with Gasteiger partial charge in [-0.25, -0.2) is 4.98 Å². The third-order valence-electron chi connectivity index (χ3n) is 3.48. The lowest BCUT2D eigenvalue weighted by Gasteiger charge is -2.28. The summed E-state index contributed by atoms with van der Waals surface area (Å²) in [4.78, 5) is 20.4. The second-order valence-corrected chi connectivity index (χ2v) is 5.65. The topological polar surface area (TPSA) is 61.0 Å². The van der Waals surface area contributed by atoms with Gasteiger partial charge in [-0.15, -0.1) is 0 Å². The second-order valence-electron chi connectivity index (χ2n) is 4.86. The van der Waals surface area contributed by atoms with Gasteiger partial charge in [0.15, 0.2) is 0 Å². The highest BCUT2D eigenvalue weighted by Gasteiger charge is 2.16. The Morgan fingerprint density at radius 3 is 3.00 bits per heavy atom. The summed E-state index contributed by atoms with van der Waals surface area (Å²) in [5.41, 5.74) is -0.146. The lowest BCUT2D eigenvalue weighted by Crippen LogP contribution is -2.31. The van der Waals surface area contributed by atoms with Crippen molar-refractivity contribution in [2.24, 2.45) is 5.92 Å². The SMILES string of the molecule is CN1CCC(CCNc2nc[nH]c(=O)c2Br)CC1. The highest BCUT2D eigenvalue weighted by atomic mass is 79.9. The Hall–Kier alpha value is -0.880. The van der Waals surface area contributed by atoms with Gasteiger partial charge < -0.3 is 15.2 Å². The molecule has 2 heterocycles. The number of rotatable bonds is 4. The van der Waals surface area contributed by atoms with E-state index >= 15 is 0 Å². The number of H-pyrrole nitrogens is 1. The van der Waals surface area contributed by atoms with Crippen molar-refractivity contribution >= 4 is 21.7 Å². The van der Waals surface area contributed by atoms with Crippen LogP contribution in [0.2, 0.25) is 0 Å². The number of piperidine rings is 1. The molecule has 1 aliphatic rings. The molecule has 0 aromatic carbocycles. The van der Waals surface area contributed by atoms with Crippen LogP contribution in [0.25, 0.3) is 0 Å². The first kappa shape index (κ1) is 13.5. The van der Waals surface area contributed by atoms with Gasteiger partial charge in [-0.3, -0.25) is 4.79 Å². The van der Waals surface area contributed by atoms with Crippen LogP contribution in [0.4, 0.5) is 5.82 Å². The van der Waals surface area contributed by atoms with Gasteiger partial charge in [-0.1, -0.05) is 0 Å². The van der Waals surface area contributed by atoms with E-state index < -0.39 is 0 Å². The Balaban J connectivity index is 1.78. The minimum Gasteiger partial charge on any atom is -0.369 e. The van der Waals surface area contributed by atoms with E-state index in [0.29, 0.717) is 10.3 Å². The van der Waals surface area contributed by atoms with Crippen LogP contribution >= 0.6 is 15.9 Å². The Kier molecular flexibility index (Phi) is 4.77.